The summed E-state index contributed by atoms with van der Waals surface area (Å²) in [5.41, 5.74) is 8.78. The molecule has 2 rings (SSSR count). The van der Waals surface area contributed by atoms with Gasteiger partial charge in [0.15, 0.2) is 0 Å². The van der Waals surface area contributed by atoms with Crippen molar-refractivity contribution in [3.8, 4) is 0 Å². The average Bonchev–Trinajstić information content (AvgIpc) is 2.75. The van der Waals surface area contributed by atoms with E-state index in [9.17, 15) is 0 Å². The van der Waals surface area contributed by atoms with Gasteiger partial charge in [0.25, 0.3) is 0 Å². The van der Waals surface area contributed by atoms with Crippen molar-refractivity contribution in [2.75, 3.05) is 13.1 Å². The van der Waals surface area contributed by atoms with E-state index in [1.54, 1.807) is 0 Å². The van der Waals surface area contributed by atoms with Gasteiger partial charge in [-0.25, -0.2) is 0 Å². The largest absolute Gasteiger partial charge is 0.326 e. The Hall–Kier alpha value is -0.870. The topological polar surface area (TPSA) is 47.1 Å². The van der Waals surface area contributed by atoms with Crippen molar-refractivity contribution < 1.29 is 0 Å². The van der Waals surface area contributed by atoms with E-state index >= 15 is 0 Å². The number of nitrogens with two attached hydrogens (primary N) is 1. The van der Waals surface area contributed by atoms with Crippen LogP contribution in [0.15, 0.2) is 6.20 Å². The third kappa shape index (κ3) is 1.87. The molecule has 0 spiro atoms. The fourth-order valence-corrected chi connectivity index (χ4v) is 2.65. The Labute approximate surface area is 97.4 Å². The SMILES string of the molecule is CCCN1CCC(N)C1c1cnn(C)c1C. The van der Waals surface area contributed by atoms with Crippen LogP contribution in [0.3, 0.4) is 0 Å². The highest BCUT2D eigenvalue weighted by Crippen LogP contribution is 2.32. The molecule has 2 unspecified atom stereocenters. The molecule has 1 aromatic rings. The van der Waals surface area contributed by atoms with Crippen LogP contribution in [0.1, 0.15) is 37.1 Å². The number of hydrogen-bond donors (Lipinski definition) is 1. The summed E-state index contributed by atoms with van der Waals surface area (Å²) < 4.78 is 1.94. The van der Waals surface area contributed by atoms with Gasteiger partial charge in [0.2, 0.25) is 0 Å². The average molecular weight is 222 g/mol. The molecule has 1 fully saturated rings. The molecular formula is C12H22N4. The van der Waals surface area contributed by atoms with Crippen molar-refractivity contribution in [2.45, 2.75) is 38.8 Å². The maximum atomic E-state index is 6.23. The van der Waals surface area contributed by atoms with Crippen LogP contribution in [0.4, 0.5) is 0 Å². The minimum absolute atomic E-state index is 0.259. The third-order valence-electron chi connectivity index (χ3n) is 3.65. The molecule has 2 N–H and O–H groups in total. The lowest BCUT2D eigenvalue weighted by molar-refractivity contribution is 0.247. The quantitative estimate of drug-likeness (QED) is 0.836. The van der Waals surface area contributed by atoms with Gasteiger partial charge in [-0.05, 0) is 26.3 Å². The van der Waals surface area contributed by atoms with Crippen LogP contribution >= 0.6 is 0 Å². The fraction of sp³-hybridized carbons (Fsp3) is 0.750. The Bertz CT molecular complexity index is 356. The highest BCUT2D eigenvalue weighted by molar-refractivity contribution is 5.23. The van der Waals surface area contributed by atoms with Gasteiger partial charge in [-0.15, -0.1) is 0 Å². The Balaban J connectivity index is 2.26. The Morgan fingerprint density at radius 2 is 2.31 bits per heavy atom. The molecule has 4 heteroatoms. The van der Waals surface area contributed by atoms with Crippen molar-refractivity contribution in [1.82, 2.24) is 14.7 Å². The Morgan fingerprint density at radius 1 is 1.56 bits per heavy atom. The second-order valence-electron chi connectivity index (χ2n) is 4.74. The number of aromatic nitrogens is 2. The highest BCUT2D eigenvalue weighted by atomic mass is 15.3. The van der Waals surface area contributed by atoms with Crippen LogP contribution in [0.25, 0.3) is 0 Å². The lowest BCUT2D eigenvalue weighted by Gasteiger charge is -2.26. The smallest absolute Gasteiger partial charge is 0.0541 e. The normalized spacial score (nSPS) is 26.5. The molecule has 1 saturated heterocycles. The van der Waals surface area contributed by atoms with Crippen molar-refractivity contribution in [3.05, 3.63) is 17.5 Å². The molecule has 1 aliphatic heterocycles. The van der Waals surface area contributed by atoms with Crippen LogP contribution in [-0.4, -0.2) is 33.8 Å². The zero-order valence-corrected chi connectivity index (χ0v) is 10.5. The molecule has 0 radical (unpaired) electrons. The first-order chi connectivity index (χ1) is 7.65. The molecular weight excluding hydrogens is 200 g/mol. The summed E-state index contributed by atoms with van der Waals surface area (Å²) in [5.74, 6) is 0. The maximum Gasteiger partial charge on any atom is 0.0541 e. The van der Waals surface area contributed by atoms with E-state index in [0.717, 1.165) is 19.5 Å². The number of rotatable bonds is 3. The summed E-state index contributed by atoms with van der Waals surface area (Å²) in [5, 5.41) is 4.32. The van der Waals surface area contributed by atoms with E-state index in [0.29, 0.717) is 6.04 Å². The predicted octanol–water partition coefficient (Wildman–Crippen LogP) is 1.21. The lowest BCUT2D eigenvalue weighted by atomic mass is 10.0. The van der Waals surface area contributed by atoms with Crippen LogP contribution < -0.4 is 5.73 Å². The second kappa shape index (κ2) is 4.55. The summed E-state index contributed by atoms with van der Waals surface area (Å²) in [6, 6.07) is 0.628. The fourth-order valence-electron chi connectivity index (χ4n) is 2.65. The second-order valence-corrected chi connectivity index (χ2v) is 4.74. The minimum Gasteiger partial charge on any atom is -0.326 e. The van der Waals surface area contributed by atoms with E-state index in [-0.39, 0.29) is 6.04 Å². The van der Waals surface area contributed by atoms with Crippen molar-refractivity contribution in [2.24, 2.45) is 12.8 Å². The number of likely N-dealkylation sites (tertiary alicyclic amines) is 1. The van der Waals surface area contributed by atoms with Gasteiger partial charge in [0.1, 0.15) is 0 Å². The van der Waals surface area contributed by atoms with Gasteiger partial charge in [-0.3, -0.25) is 9.58 Å². The molecule has 2 atom stereocenters. The first-order valence-corrected chi connectivity index (χ1v) is 6.13. The molecule has 1 aliphatic rings. The van der Waals surface area contributed by atoms with Crippen molar-refractivity contribution in [3.63, 3.8) is 0 Å². The van der Waals surface area contributed by atoms with Crippen molar-refractivity contribution in [1.29, 1.82) is 0 Å². The molecule has 4 nitrogen and oxygen atoms in total. The van der Waals surface area contributed by atoms with E-state index in [1.165, 1.54) is 17.7 Å². The standard InChI is InChI=1S/C12H22N4/c1-4-6-16-7-5-11(13)12(16)10-8-14-15(3)9(10)2/h8,11-12H,4-7,13H2,1-3H3. The third-order valence-corrected chi connectivity index (χ3v) is 3.65. The van der Waals surface area contributed by atoms with Crippen LogP contribution in [0, 0.1) is 6.92 Å². The predicted molar refractivity (Wildman–Crippen MR) is 65.1 cm³/mol. The lowest BCUT2D eigenvalue weighted by Crippen LogP contribution is -2.32. The van der Waals surface area contributed by atoms with E-state index in [1.807, 2.05) is 17.9 Å². The summed E-state index contributed by atoms with van der Waals surface area (Å²) >= 11 is 0. The van der Waals surface area contributed by atoms with Gasteiger partial charge in [-0.1, -0.05) is 6.92 Å². The van der Waals surface area contributed by atoms with Gasteiger partial charge < -0.3 is 5.73 Å². The van der Waals surface area contributed by atoms with Crippen LogP contribution in [0.2, 0.25) is 0 Å². The molecule has 0 aromatic carbocycles. The molecule has 1 aromatic heterocycles. The molecule has 0 amide bonds. The van der Waals surface area contributed by atoms with E-state index < -0.39 is 0 Å². The molecule has 0 aliphatic carbocycles. The molecule has 0 bridgehead atoms. The van der Waals surface area contributed by atoms with Gasteiger partial charge in [0.05, 0.1) is 12.2 Å². The number of nitrogens with zero attached hydrogens (tertiary/aromatic N) is 3. The molecule has 2 heterocycles. The zero-order valence-electron chi connectivity index (χ0n) is 10.5. The summed E-state index contributed by atoms with van der Waals surface area (Å²) in [7, 11) is 1.99. The van der Waals surface area contributed by atoms with E-state index in [4.69, 9.17) is 5.73 Å². The zero-order chi connectivity index (χ0) is 11.7. The molecule has 0 saturated carbocycles. The summed E-state index contributed by atoms with van der Waals surface area (Å²) in [6.45, 7) is 6.59. The number of aryl methyl sites for hydroxylation is 1. The van der Waals surface area contributed by atoms with Gasteiger partial charge >= 0.3 is 0 Å². The summed E-state index contributed by atoms with van der Waals surface area (Å²) in [4.78, 5) is 2.49. The molecule has 90 valence electrons. The van der Waals surface area contributed by atoms with E-state index in [2.05, 4.69) is 23.8 Å². The minimum atomic E-state index is 0.259. The monoisotopic (exact) mass is 222 g/mol. The first-order valence-electron chi connectivity index (χ1n) is 6.13. The summed E-state index contributed by atoms with van der Waals surface area (Å²) in [6.07, 6.45) is 4.26. The Morgan fingerprint density at radius 3 is 2.88 bits per heavy atom. The van der Waals surface area contributed by atoms with Gasteiger partial charge in [0, 0.05) is 30.9 Å². The number of hydrogen-bond acceptors (Lipinski definition) is 3. The maximum absolute atomic E-state index is 6.23. The highest BCUT2D eigenvalue weighted by Gasteiger charge is 2.34. The first kappa shape index (κ1) is 11.6. The van der Waals surface area contributed by atoms with Crippen molar-refractivity contribution >= 4 is 0 Å². The molecule has 16 heavy (non-hydrogen) atoms. The van der Waals surface area contributed by atoms with Gasteiger partial charge in [-0.2, -0.15) is 5.10 Å². The van der Waals surface area contributed by atoms with Crippen LogP contribution in [-0.2, 0) is 7.05 Å². The Kier molecular flexibility index (Phi) is 3.30. The van der Waals surface area contributed by atoms with Crippen LogP contribution in [0.5, 0.6) is 0 Å².